The maximum absolute atomic E-state index is 13.3. The van der Waals surface area contributed by atoms with E-state index in [1.807, 2.05) is 20.8 Å². The predicted octanol–water partition coefficient (Wildman–Crippen LogP) is 2.12. The highest BCUT2D eigenvalue weighted by Gasteiger charge is 2.54. The zero-order chi connectivity index (χ0) is 30.1. The standard InChI is InChI=1S/C24H30N8O7S2/c1-5-6-13(22(35)38-8-12(2)3)9-39-23(36)18-14(7-27-31-26)10-40-21-17(20(34)32(18)21)29-19(33)16(30-37-4)15-11-41-24(25)28-15/h6,11-12,17,21H,5,7-10H2,1-4H3,(H2,25,28)(H,29,33)/b13-6-,30-16+/t17-,21-/m1/s1. The molecule has 3 heterocycles. The number of nitrogens with zero attached hydrogens (tertiary/aromatic N) is 6. The van der Waals surface area contributed by atoms with Gasteiger partial charge >= 0.3 is 11.9 Å². The van der Waals surface area contributed by atoms with Crippen LogP contribution in [0.2, 0.25) is 0 Å². The van der Waals surface area contributed by atoms with Crippen molar-refractivity contribution < 1.29 is 33.5 Å². The molecule has 0 spiro atoms. The van der Waals surface area contributed by atoms with Gasteiger partial charge in [-0.05, 0) is 23.4 Å². The molecule has 1 aromatic rings. The van der Waals surface area contributed by atoms with Gasteiger partial charge in [-0.1, -0.05) is 37.1 Å². The Morgan fingerprint density at radius 2 is 2.12 bits per heavy atom. The molecule has 220 valence electrons. The average Bonchev–Trinajstić information content (AvgIpc) is 3.38. The minimum atomic E-state index is -1.00. The van der Waals surface area contributed by atoms with Crippen LogP contribution in [0.3, 0.4) is 0 Å². The highest BCUT2D eigenvalue weighted by atomic mass is 32.2. The van der Waals surface area contributed by atoms with Crippen LogP contribution in [0.25, 0.3) is 10.4 Å². The Kier molecular flexibility index (Phi) is 11.1. The number of β-lactam (4-membered cyclic amide) rings is 1. The first-order valence-corrected chi connectivity index (χ1v) is 14.4. The fourth-order valence-corrected chi connectivity index (χ4v) is 5.69. The Bertz CT molecular complexity index is 1330. The number of nitrogens with one attached hydrogen (secondary N) is 1. The van der Waals surface area contributed by atoms with Gasteiger partial charge in [-0.25, -0.2) is 14.6 Å². The molecule has 41 heavy (non-hydrogen) atoms. The van der Waals surface area contributed by atoms with Crippen molar-refractivity contribution in [1.82, 2.24) is 15.2 Å². The molecule has 0 aromatic carbocycles. The first kappa shape index (κ1) is 31.4. The average molecular weight is 607 g/mol. The number of nitrogens with two attached hydrogens (primary N) is 1. The molecule has 2 atom stereocenters. The van der Waals surface area contributed by atoms with Gasteiger partial charge in [0.2, 0.25) is 0 Å². The van der Waals surface area contributed by atoms with Crippen LogP contribution < -0.4 is 11.1 Å². The highest BCUT2D eigenvalue weighted by Crippen LogP contribution is 2.41. The van der Waals surface area contributed by atoms with E-state index in [0.717, 1.165) is 11.3 Å². The molecule has 0 radical (unpaired) electrons. The van der Waals surface area contributed by atoms with Gasteiger partial charge in [0.25, 0.3) is 11.8 Å². The number of rotatable bonds is 13. The van der Waals surface area contributed by atoms with Crippen LogP contribution in [0.15, 0.2) is 38.6 Å². The van der Waals surface area contributed by atoms with Crippen LogP contribution in [0.1, 0.15) is 32.9 Å². The van der Waals surface area contributed by atoms with Gasteiger partial charge in [0.1, 0.15) is 36.5 Å². The normalized spacial score (nSPS) is 18.8. The Morgan fingerprint density at radius 1 is 1.37 bits per heavy atom. The van der Waals surface area contributed by atoms with E-state index in [-0.39, 0.29) is 59.2 Å². The van der Waals surface area contributed by atoms with E-state index in [1.54, 1.807) is 6.08 Å². The maximum Gasteiger partial charge on any atom is 0.355 e. The molecule has 0 aliphatic carbocycles. The molecule has 1 aromatic heterocycles. The number of hydrogen-bond acceptors (Lipinski definition) is 13. The second kappa shape index (κ2) is 14.5. The molecule has 2 amide bonds. The molecule has 0 bridgehead atoms. The lowest BCUT2D eigenvalue weighted by molar-refractivity contribution is -0.152. The number of amides is 2. The number of fused-ring (bicyclic) bond motifs is 1. The molecule has 1 saturated heterocycles. The number of carbonyl (C=O) groups excluding carboxylic acids is 4. The van der Waals surface area contributed by atoms with E-state index in [0.29, 0.717) is 12.0 Å². The summed E-state index contributed by atoms with van der Waals surface area (Å²) in [6.07, 6.45) is 2.10. The number of hydrogen-bond donors (Lipinski definition) is 2. The van der Waals surface area contributed by atoms with Crippen molar-refractivity contribution in [1.29, 1.82) is 0 Å². The number of nitrogen functional groups attached to an aromatic ring is 1. The van der Waals surface area contributed by atoms with Gasteiger partial charge in [-0.15, -0.1) is 23.1 Å². The number of ether oxygens (including phenoxy) is 2. The third-order valence-electron chi connectivity index (χ3n) is 5.63. The zero-order valence-corrected chi connectivity index (χ0v) is 24.5. The number of esters is 2. The van der Waals surface area contributed by atoms with Crippen molar-refractivity contribution in [2.45, 2.75) is 38.6 Å². The minimum Gasteiger partial charge on any atom is -0.462 e. The van der Waals surface area contributed by atoms with E-state index < -0.39 is 35.2 Å². The Balaban J connectivity index is 1.78. The smallest absolute Gasteiger partial charge is 0.355 e. The number of thiazole rings is 1. The van der Waals surface area contributed by atoms with Gasteiger partial charge < -0.3 is 25.4 Å². The predicted molar refractivity (Wildman–Crippen MR) is 151 cm³/mol. The second-order valence-corrected chi connectivity index (χ2v) is 11.1. The van der Waals surface area contributed by atoms with E-state index >= 15 is 0 Å². The van der Waals surface area contributed by atoms with Gasteiger partial charge in [0, 0.05) is 16.0 Å². The monoisotopic (exact) mass is 606 g/mol. The molecular formula is C24H30N8O7S2. The van der Waals surface area contributed by atoms with Crippen LogP contribution in [0.4, 0.5) is 5.13 Å². The summed E-state index contributed by atoms with van der Waals surface area (Å²) in [5, 5.41) is 11.0. The first-order chi connectivity index (χ1) is 19.6. The Labute approximate surface area is 243 Å². The number of thioether (sulfide) groups is 1. The number of anilines is 1. The summed E-state index contributed by atoms with van der Waals surface area (Å²) < 4.78 is 10.7. The summed E-state index contributed by atoms with van der Waals surface area (Å²) in [5.41, 5.74) is 14.9. The summed E-state index contributed by atoms with van der Waals surface area (Å²) in [6, 6.07) is -1.00. The molecule has 15 nitrogen and oxygen atoms in total. The van der Waals surface area contributed by atoms with E-state index in [2.05, 4.69) is 25.5 Å². The molecular weight excluding hydrogens is 576 g/mol. The van der Waals surface area contributed by atoms with Crippen LogP contribution in [0.5, 0.6) is 0 Å². The van der Waals surface area contributed by atoms with Gasteiger partial charge in [-0.3, -0.25) is 14.5 Å². The number of aromatic nitrogens is 1. The summed E-state index contributed by atoms with van der Waals surface area (Å²) in [6.45, 7) is 5.26. The Hall–Kier alpha value is -4.08. The van der Waals surface area contributed by atoms with Crippen LogP contribution in [-0.2, 0) is 33.5 Å². The molecule has 0 unspecified atom stereocenters. The SMILES string of the molecule is CC/C=C(/COC(=O)C1=C(CN=[N+]=[N-])CS[C@@H]2[C@H](NC(=O)/C(=N/OC)c3csc(N)n3)C(=O)N12)C(=O)OCC(C)C. The third-order valence-corrected chi connectivity index (χ3v) is 7.65. The number of azide groups is 1. The third kappa shape index (κ3) is 7.56. The molecule has 2 aliphatic rings. The molecule has 0 saturated carbocycles. The fraction of sp³-hybridized carbons (Fsp3) is 0.500. The number of carbonyl (C=O) groups is 4. The minimum absolute atomic E-state index is 0.0962. The van der Waals surface area contributed by atoms with Crippen molar-refractivity contribution in [2.75, 3.05) is 38.4 Å². The Morgan fingerprint density at radius 3 is 2.73 bits per heavy atom. The largest absolute Gasteiger partial charge is 0.462 e. The quantitative estimate of drug-likeness (QED) is 0.0488. The van der Waals surface area contributed by atoms with E-state index in [9.17, 15) is 19.2 Å². The lowest BCUT2D eigenvalue weighted by atomic mass is 10.0. The molecule has 3 N–H and O–H groups in total. The van der Waals surface area contributed by atoms with Crippen molar-refractivity contribution in [3.8, 4) is 0 Å². The van der Waals surface area contributed by atoms with Crippen molar-refractivity contribution in [3.05, 3.63) is 44.4 Å². The topological polar surface area (TPSA) is 211 Å². The summed E-state index contributed by atoms with van der Waals surface area (Å²) >= 11 is 2.37. The lowest BCUT2D eigenvalue weighted by Gasteiger charge is -2.49. The van der Waals surface area contributed by atoms with Crippen molar-refractivity contribution >= 4 is 57.7 Å². The molecule has 17 heteroatoms. The number of allylic oxidation sites excluding steroid dienone is 1. The van der Waals surface area contributed by atoms with Crippen LogP contribution in [-0.4, -0.2) is 83.4 Å². The lowest BCUT2D eigenvalue weighted by Crippen LogP contribution is -2.71. The first-order valence-electron chi connectivity index (χ1n) is 12.5. The summed E-state index contributed by atoms with van der Waals surface area (Å²) in [4.78, 5) is 64.7. The van der Waals surface area contributed by atoms with Crippen molar-refractivity contribution in [3.63, 3.8) is 0 Å². The number of oxime groups is 1. The maximum atomic E-state index is 13.3. The van der Waals surface area contributed by atoms with Crippen LogP contribution in [0, 0.1) is 5.92 Å². The fourth-order valence-electron chi connectivity index (χ4n) is 3.81. The van der Waals surface area contributed by atoms with E-state index in [4.69, 9.17) is 25.6 Å². The summed E-state index contributed by atoms with van der Waals surface area (Å²) in [7, 11) is 1.26. The van der Waals surface area contributed by atoms with E-state index in [1.165, 1.54) is 29.2 Å². The van der Waals surface area contributed by atoms with Gasteiger partial charge in [-0.2, -0.15) is 0 Å². The highest BCUT2D eigenvalue weighted by molar-refractivity contribution is 8.00. The zero-order valence-electron chi connectivity index (χ0n) is 22.9. The summed E-state index contributed by atoms with van der Waals surface area (Å²) in [5.74, 6) is -2.45. The molecule has 3 rings (SSSR count). The van der Waals surface area contributed by atoms with Gasteiger partial charge in [0.05, 0.1) is 18.7 Å². The molecule has 1 fully saturated rings. The second-order valence-electron chi connectivity index (χ2n) is 9.10. The van der Waals surface area contributed by atoms with Crippen LogP contribution >= 0.6 is 23.1 Å². The van der Waals surface area contributed by atoms with Crippen molar-refractivity contribution in [2.24, 2.45) is 16.2 Å². The van der Waals surface area contributed by atoms with Gasteiger partial charge in [0.15, 0.2) is 10.8 Å². The molecule has 2 aliphatic heterocycles.